The molecule has 0 aliphatic carbocycles. The van der Waals surface area contributed by atoms with Crippen molar-refractivity contribution in [2.24, 2.45) is 5.92 Å². The van der Waals surface area contributed by atoms with Crippen LogP contribution >= 0.6 is 11.3 Å². The van der Waals surface area contributed by atoms with E-state index in [1.807, 2.05) is 24.4 Å². The molecule has 2 aromatic carbocycles. The minimum absolute atomic E-state index is 0.0438. The van der Waals surface area contributed by atoms with Gasteiger partial charge in [-0.1, -0.05) is 17.4 Å². The summed E-state index contributed by atoms with van der Waals surface area (Å²) < 4.78 is 25.7. The summed E-state index contributed by atoms with van der Waals surface area (Å²) in [4.78, 5) is 20.4. The number of benzene rings is 2. The van der Waals surface area contributed by atoms with Crippen LogP contribution in [0.2, 0.25) is 0 Å². The Bertz CT molecular complexity index is 1320. The maximum atomic E-state index is 13.2. The number of nitrogens with zero attached hydrogens (tertiary/aromatic N) is 4. The van der Waals surface area contributed by atoms with E-state index in [1.165, 1.54) is 23.5 Å². The van der Waals surface area contributed by atoms with Crippen molar-refractivity contribution in [3.63, 3.8) is 0 Å². The van der Waals surface area contributed by atoms with Gasteiger partial charge in [-0.2, -0.15) is 0 Å². The number of amides is 1. The molecule has 1 amide bonds. The third kappa shape index (κ3) is 4.05. The molecule has 0 unspecified atom stereocenters. The second kappa shape index (κ2) is 8.60. The summed E-state index contributed by atoms with van der Waals surface area (Å²) in [6, 6.07) is 12.0. The van der Waals surface area contributed by atoms with Gasteiger partial charge >= 0.3 is 0 Å². The number of fused-ring (bicyclic) bond motifs is 2. The Kier molecular flexibility index (Phi) is 5.29. The number of hydrogen-bond donors (Lipinski definition) is 1. The number of halogens is 1. The van der Waals surface area contributed by atoms with Crippen LogP contribution in [-0.4, -0.2) is 40.4 Å². The molecule has 1 fully saturated rings. The van der Waals surface area contributed by atoms with Crippen molar-refractivity contribution < 1.29 is 18.7 Å². The highest BCUT2D eigenvalue weighted by Gasteiger charge is 2.28. The Morgan fingerprint density at radius 2 is 2.03 bits per heavy atom. The van der Waals surface area contributed by atoms with Crippen molar-refractivity contribution in [1.29, 1.82) is 0 Å². The maximum absolute atomic E-state index is 13.2. The minimum atomic E-state index is -0.273. The summed E-state index contributed by atoms with van der Waals surface area (Å²) in [5.74, 6) is 1.12. The van der Waals surface area contributed by atoms with Gasteiger partial charge in [0.05, 0.1) is 17.8 Å². The second-order valence-electron chi connectivity index (χ2n) is 8.44. The highest BCUT2D eigenvalue weighted by molar-refractivity contribution is 7.20. The number of anilines is 1. The zero-order valence-corrected chi connectivity index (χ0v) is 19.1. The lowest BCUT2D eigenvalue weighted by atomic mass is 9.97. The molecule has 8 nitrogen and oxygen atoms in total. The zero-order valence-electron chi connectivity index (χ0n) is 18.2. The first-order chi connectivity index (χ1) is 16.6. The Labute approximate surface area is 198 Å². The molecule has 0 radical (unpaired) electrons. The van der Waals surface area contributed by atoms with Gasteiger partial charge in [-0.05, 0) is 54.8 Å². The smallest absolute Gasteiger partial charge is 0.231 e. The number of nitrogens with one attached hydrogen (secondary N) is 1. The first-order valence-electron chi connectivity index (χ1n) is 11.2. The quantitative estimate of drug-likeness (QED) is 0.468. The number of imidazole rings is 1. The van der Waals surface area contributed by atoms with Crippen LogP contribution in [0.25, 0.3) is 16.2 Å². The van der Waals surface area contributed by atoms with E-state index in [0.29, 0.717) is 18.8 Å². The zero-order chi connectivity index (χ0) is 23.1. The molecular weight excluding hydrogens is 457 g/mol. The maximum Gasteiger partial charge on any atom is 0.231 e. The lowest BCUT2D eigenvalue weighted by molar-refractivity contribution is -0.125. The van der Waals surface area contributed by atoms with Gasteiger partial charge in [0.1, 0.15) is 5.82 Å². The molecule has 6 rings (SSSR count). The van der Waals surface area contributed by atoms with Crippen molar-refractivity contribution in [3.8, 4) is 22.8 Å². The fraction of sp³-hybridized carbons (Fsp3) is 0.292. The van der Waals surface area contributed by atoms with Crippen LogP contribution in [0.5, 0.6) is 11.5 Å². The molecule has 0 bridgehead atoms. The molecule has 2 aromatic heterocycles. The van der Waals surface area contributed by atoms with Crippen LogP contribution < -0.4 is 19.7 Å². The highest BCUT2D eigenvalue weighted by atomic mass is 32.1. The van der Waals surface area contributed by atoms with Gasteiger partial charge in [-0.25, -0.2) is 13.9 Å². The Morgan fingerprint density at radius 3 is 2.88 bits per heavy atom. The average molecular weight is 480 g/mol. The molecule has 1 atom stereocenters. The van der Waals surface area contributed by atoms with E-state index in [1.54, 1.807) is 16.6 Å². The summed E-state index contributed by atoms with van der Waals surface area (Å²) in [6.45, 7) is 2.16. The predicted octanol–water partition coefficient (Wildman–Crippen LogP) is 3.86. The molecule has 0 saturated carbocycles. The van der Waals surface area contributed by atoms with Crippen molar-refractivity contribution in [3.05, 3.63) is 60.0 Å². The molecule has 1 saturated heterocycles. The number of carbonyl (C=O) groups is 1. The second-order valence-corrected chi connectivity index (χ2v) is 9.37. The Morgan fingerprint density at radius 1 is 1.18 bits per heavy atom. The van der Waals surface area contributed by atoms with E-state index in [0.717, 1.165) is 52.0 Å². The number of rotatable bonds is 5. The Hall–Kier alpha value is -3.66. The van der Waals surface area contributed by atoms with Gasteiger partial charge in [0.2, 0.25) is 22.8 Å². The van der Waals surface area contributed by atoms with E-state index in [-0.39, 0.29) is 24.4 Å². The molecule has 4 aromatic rings. The van der Waals surface area contributed by atoms with Gasteiger partial charge in [0.25, 0.3) is 0 Å². The normalized spacial score (nSPS) is 17.3. The molecule has 4 heterocycles. The minimum Gasteiger partial charge on any atom is -0.454 e. The number of hydrogen-bond acceptors (Lipinski definition) is 7. The van der Waals surface area contributed by atoms with Gasteiger partial charge in [0, 0.05) is 25.2 Å². The molecule has 2 aliphatic heterocycles. The van der Waals surface area contributed by atoms with Gasteiger partial charge < -0.3 is 19.7 Å². The van der Waals surface area contributed by atoms with E-state index in [4.69, 9.17) is 9.47 Å². The molecule has 2 aliphatic rings. The third-order valence-electron chi connectivity index (χ3n) is 6.14. The topological polar surface area (TPSA) is 81.0 Å². The molecule has 34 heavy (non-hydrogen) atoms. The van der Waals surface area contributed by atoms with Crippen molar-refractivity contribution in [2.45, 2.75) is 19.4 Å². The Balaban J connectivity index is 1.10. The van der Waals surface area contributed by atoms with Crippen LogP contribution in [0.4, 0.5) is 9.52 Å². The fourth-order valence-corrected chi connectivity index (χ4v) is 5.24. The average Bonchev–Trinajstić information content (AvgIpc) is 3.58. The first-order valence-corrected chi connectivity index (χ1v) is 12.0. The van der Waals surface area contributed by atoms with Crippen molar-refractivity contribution in [1.82, 2.24) is 19.9 Å². The molecule has 174 valence electrons. The molecule has 1 N–H and O–H groups in total. The largest absolute Gasteiger partial charge is 0.454 e. The molecule has 10 heteroatoms. The van der Waals surface area contributed by atoms with Crippen LogP contribution in [0.3, 0.4) is 0 Å². The summed E-state index contributed by atoms with van der Waals surface area (Å²) in [5.41, 5.74) is 2.57. The van der Waals surface area contributed by atoms with Crippen molar-refractivity contribution in [2.75, 3.05) is 24.8 Å². The fourth-order valence-electron chi connectivity index (χ4n) is 4.33. The van der Waals surface area contributed by atoms with Gasteiger partial charge in [-0.15, -0.1) is 5.10 Å². The summed E-state index contributed by atoms with van der Waals surface area (Å²) in [5, 5.41) is 8.60. The SMILES string of the molecule is O=C(NCc1ccc2c(c1)OCO2)[C@H]1CCCN(c2nn3cc(-c4ccc(F)cc4)nc3s2)C1. The van der Waals surface area contributed by atoms with Gasteiger partial charge in [0.15, 0.2) is 11.5 Å². The van der Waals surface area contributed by atoms with Crippen LogP contribution in [0.1, 0.15) is 18.4 Å². The van der Waals surface area contributed by atoms with Gasteiger partial charge in [-0.3, -0.25) is 4.79 Å². The van der Waals surface area contributed by atoms with E-state index >= 15 is 0 Å². The molecular formula is C24H22FN5O3S. The molecule has 0 spiro atoms. The number of aromatic nitrogens is 3. The van der Waals surface area contributed by atoms with E-state index in [2.05, 4.69) is 20.3 Å². The summed E-state index contributed by atoms with van der Waals surface area (Å²) >= 11 is 1.49. The summed E-state index contributed by atoms with van der Waals surface area (Å²) in [6.07, 6.45) is 3.62. The number of ether oxygens (including phenoxy) is 2. The standard InChI is InChI=1S/C24H22FN5O3S/c25-18-6-4-16(5-7-18)19-13-30-23(27-19)34-24(28-30)29-9-1-2-17(12-29)22(31)26-11-15-3-8-20-21(10-15)33-14-32-20/h3-8,10,13,17H,1-2,9,11-12,14H2,(H,26,31)/t17-/m0/s1. The van der Waals surface area contributed by atoms with Crippen LogP contribution in [0, 0.1) is 11.7 Å². The van der Waals surface area contributed by atoms with E-state index in [9.17, 15) is 9.18 Å². The first kappa shape index (κ1) is 20.9. The number of carbonyl (C=O) groups excluding carboxylic acids is 1. The van der Waals surface area contributed by atoms with E-state index < -0.39 is 0 Å². The number of piperidine rings is 1. The lowest BCUT2D eigenvalue weighted by Gasteiger charge is -2.31. The monoisotopic (exact) mass is 479 g/mol. The van der Waals surface area contributed by atoms with Crippen molar-refractivity contribution >= 4 is 27.3 Å². The van der Waals surface area contributed by atoms with Crippen LogP contribution in [-0.2, 0) is 11.3 Å². The predicted molar refractivity (Wildman–Crippen MR) is 126 cm³/mol. The third-order valence-corrected chi connectivity index (χ3v) is 7.12. The summed E-state index contributed by atoms with van der Waals surface area (Å²) in [7, 11) is 0. The highest BCUT2D eigenvalue weighted by Crippen LogP contribution is 2.33. The lowest BCUT2D eigenvalue weighted by Crippen LogP contribution is -2.43. The van der Waals surface area contributed by atoms with Crippen LogP contribution in [0.15, 0.2) is 48.7 Å².